The molecule has 1 fully saturated rings. The summed E-state index contributed by atoms with van der Waals surface area (Å²) in [5.41, 5.74) is 7.59. The van der Waals surface area contributed by atoms with Gasteiger partial charge in [-0.3, -0.25) is 0 Å². The molecule has 2 aliphatic heterocycles. The van der Waals surface area contributed by atoms with Crippen LogP contribution in [-0.2, 0) is 11.2 Å². The van der Waals surface area contributed by atoms with E-state index < -0.39 is 0 Å². The van der Waals surface area contributed by atoms with Crippen molar-refractivity contribution in [1.82, 2.24) is 4.90 Å². The topological polar surface area (TPSA) is 79.0 Å². The van der Waals surface area contributed by atoms with Crippen LogP contribution < -0.4 is 5.73 Å². The van der Waals surface area contributed by atoms with Crippen molar-refractivity contribution >= 4 is 34.0 Å². The zero-order valence-electron chi connectivity index (χ0n) is 14.0. The molecule has 2 atom stereocenters. The van der Waals surface area contributed by atoms with Crippen molar-refractivity contribution in [3.63, 3.8) is 0 Å². The van der Waals surface area contributed by atoms with Crippen molar-refractivity contribution < 1.29 is 14.9 Å². The van der Waals surface area contributed by atoms with Crippen LogP contribution in [0, 0.1) is 5.92 Å². The van der Waals surface area contributed by atoms with Crippen LogP contribution in [0.15, 0.2) is 12.1 Å². The number of likely N-dealkylation sites (tertiary alicyclic amines) is 1. The lowest BCUT2D eigenvalue weighted by Gasteiger charge is -2.40. The first-order valence-corrected chi connectivity index (χ1v) is 8.25. The molecule has 2 heterocycles. The van der Waals surface area contributed by atoms with Crippen LogP contribution in [0.3, 0.4) is 0 Å². The predicted molar refractivity (Wildman–Crippen MR) is 106 cm³/mol. The van der Waals surface area contributed by atoms with E-state index in [4.69, 9.17) is 10.5 Å². The van der Waals surface area contributed by atoms with Crippen molar-refractivity contribution in [2.24, 2.45) is 11.7 Å². The van der Waals surface area contributed by atoms with E-state index in [-0.39, 0.29) is 57.7 Å². The quantitative estimate of drug-likeness (QED) is 0.595. The fraction of sp³-hybridized carbons (Fsp3) is 0.647. The maximum absolute atomic E-state index is 10.2. The monoisotopic (exact) mass is 466 g/mol. The minimum absolute atomic E-state index is 0. The molecule has 138 valence electrons. The highest BCUT2D eigenvalue weighted by molar-refractivity contribution is 8.93. The lowest BCUT2D eigenvalue weighted by atomic mass is 9.83. The number of piperidine rings is 1. The number of hydrogen-bond donors (Lipinski definition) is 3. The number of benzene rings is 1. The normalized spacial score (nSPS) is 24.6. The Hall–Kier alpha value is -0.340. The van der Waals surface area contributed by atoms with Crippen LogP contribution in [0.2, 0.25) is 0 Å². The number of phenols is 2. The fourth-order valence-electron chi connectivity index (χ4n) is 3.79. The predicted octanol–water partition coefficient (Wildman–Crippen LogP) is 2.93. The Morgan fingerprint density at radius 2 is 1.88 bits per heavy atom. The molecule has 0 amide bonds. The van der Waals surface area contributed by atoms with E-state index in [1.807, 2.05) is 6.07 Å². The molecule has 24 heavy (non-hydrogen) atoms. The van der Waals surface area contributed by atoms with E-state index in [0.717, 1.165) is 43.6 Å². The number of phenolic OH excluding ortho intramolecular Hbond substituents is 2. The summed E-state index contributed by atoms with van der Waals surface area (Å²) in [5.74, 6) is 0.429. The van der Waals surface area contributed by atoms with E-state index in [1.165, 1.54) is 6.07 Å². The lowest BCUT2D eigenvalue weighted by molar-refractivity contribution is -0.0644. The van der Waals surface area contributed by atoms with Crippen molar-refractivity contribution in [1.29, 1.82) is 0 Å². The standard InChI is InChI=1S/C17H26N2O3.2BrH/c1-2-19-7-5-11(6-8-19)15-9-13-12(16(10-18)22-15)3-4-14(20)17(13)21;;/h3-4,11,15-16,20-21H,2,5-10,18H2,1H3;2*1H/t15-,16-;;/m0../s1. The van der Waals surface area contributed by atoms with Crippen LogP contribution in [0.5, 0.6) is 11.5 Å². The maximum Gasteiger partial charge on any atom is 0.161 e. The number of hydrogen-bond acceptors (Lipinski definition) is 5. The summed E-state index contributed by atoms with van der Waals surface area (Å²) in [5, 5.41) is 20.0. The average molecular weight is 468 g/mol. The first-order chi connectivity index (χ1) is 10.6. The number of halogens is 2. The largest absolute Gasteiger partial charge is 0.504 e. The smallest absolute Gasteiger partial charge is 0.161 e. The van der Waals surface area contributed by atoms with E-state index in [1.54, 1.807) is 0 Å². The molecule has 0 spiro atoms. The van der Waals surface area contributed by atoms with Gasteiger partial charge in [0.05, 0.1) is 12.2 Å². The number of fused-ring (bicyclic) bond motifs is 1. The highest BCUT2D eigenvalue weighted by Crippen LogP contribution is 2.42. The van der Waals surface area contributed by atoms with Gasteiger partial charge in [-0.25, -0.2) is 0 Å². The minimum atomic E-state index is -0.190. The molecule has 4 N–H and O–H groups in total. The van der Waals surface area contributed by atoms with Crippen molar-refractivity contribution in [2.45, 2.75) is 38.4 Å². The van der Waals surface area contributed by atoms with Gasteiger partial charge in [-0.2, -0.15) is 0 Å². The molecule has 1 saturated heterocycles. The lowest BCUT2D eigenvalue weighted by Crippen LogP contribution is -2.42. The highest BCUT2D eigenvalue weighted by atomic mass is 79.9. The molecule has 0 saturated carbocycles. The summed E-state index contributed by atoms with van der Waals surface area (Å²) < 4.78 is 6.23. The third-order valence-electron chi connectivity index (χ3n) is 5.21. The second-order valence-electron chi connectivity index (χ2n) is 6.38. The zero-order valence-corrected chi connectivity index (χ0v) is 17.4. The van der Waals surface area contributed by atoms with E-state index in [2.05, 4.69) is 11.8 Å². The Morgan fingerprint density at radius 3 is 2.46 bits per heavy atom. The molecule has 0 aliphatic carbocycles. The molecule has 2 aliphatic rings. The summed E-state index contributed by atoms with van der Waals surface area (Å²) in [6.07, 6.45) is 2.77. The Bertz CT molecular complexity index is 537. The Balaban J connectivity index is 0.00000144. The first kappa shape index (κ1) is 21.7. The van der Waals surface area contributed by atoms with Gasteiger partial charge >= 0.3 is 0 Å². The van der Waals surface area contributed by atoms with Gasteiger partial charge in [0.15, 0.2) is 11.5 Å². The van der Waals surface area contributed by atoms with Gasteiger partial charge in [0.25, 0.3) is 0 Å². The van der Waals surface area contributed by atoms with Crippen LogP contribution >= 0.6 is 34.0 Å². The third-order valence-corrected chi connectivity index (χ3v) is 5.21. The van der Waals surface area contributed by atoms with Crippen LogP contribution in [-0.4, -0.2) is 47.4 Å². The molecule has 0 unspecified atom stereocenters. The van der Waals surface area contributed by atoms with Gasteiger partial charge in [-0.05, 0) is 50.0 Å². The van der Waals surface area contributed by atoms with Gasteiger partial charge in [0, 0.05) is 18.5 Å². The third kappa shape index (κ3) is 4.25. The Labute approximate surface area is 164 Å². The van der Waals surface area contributed by atoms with Crippen LogP contribution in [0.1, 0.15) is 37.0 Å². The molecule has 0 aromatic heterocycles. The number of aromatic hydroxyl groups is 2. The Kier molecular flexibility index (Phi) is 8.48. The van der Waals surface area contributed by atoms with Crippen molar-refractivity contribution in [2.75, 3.05) is 26.2 Å². The van der Waals surface area contributed by atoms with Crippen molar-refractivity contribution in [3.05, 3.63) is 23.3 Å². The van der Waals surface area contributed by atoms with E-state index in [0.29, 0.717) is 18.9 Å². The number of nitrogens with two attached hydrogens (primary N) is 1. The van der Waals surface area contributed by atoms with Gasteiger partial charge in [-0.1, -0.05) is 13.0 Å². The zero-order chi connectivity index (χ0) is 15.7. The van der Waals surface area contributed by atoms with Crippen LogP contribution in [0.4, 0.5) is 0 Å². The summed E-state index contributed by atoms with van der Waals surface area (Å²) >= 11 is 0. The first-order valence-electron chi connectivity index (χ1n) is 8.25. The van der Waals surface area contributed by atoms with Gasteiger partial charge in [0.2, 0.25) is 0 Å². The average Bonchev–Trinajstić information content (AvgIpc) is 2.57. The van der Waals surface area contributed by atoms with Gasteiger partial charge in [0.1, 0.15) is 0 Å². The highest BCUT2D eigenvalue weighted by Gasteiger charge is 2.35. The van der Waals surface area contributed by atoms with Crippen LogP contribution in [0.25, 0.3) is 0 Å². The molecule has 3 rings (SSSR count). The number of ether oxygens (including phenoxy) is 1. The summed E-state index contributed by atoms with van der Waals surface area (Å²) in [7, 11) is 0. The molecule has 1 aromatic rings. The molecule has 0 radical (unpaired) electrons. The minimum Gasteiger partial charge on any atom is -0.504 e. The maximum atomic E-state index is 10.2. The Morgan fingerprint density at radius 1 is 1.21 bits per heavy atom. The van der Waals surface area contributed by atoms with Gasteiger partial charge < -0.3 is 25.6 Å². The summed E-state index contributed by atoms with van der Waals surface area (Å²) in [6.45, 7) is 5.89. The molecule has 7 heteroatoms. The number of nitrogens with zero attached hydrogens (tertiary/aromatic N) is 1. The molecular formula is C17H28Br2N2O3. The van der Waals surface area contributed by atoms with Gasteiger partial charge in [-0.15, -0.1) is 34.0 Å². The summed E-state index contributed by atoms with van der Waals surface area (Å²) in [4.78, 5) is 2.46. The molecule has 1 aromatic carbocycles. The van der Waals surface area contributed by atoms with Crippen molar-refractivity contribution in [3.8, 4) is 11.5 Å². The molecule has 0 bridgehead atoms. The SMILES string of the molecule is Br.Br.CCN1CCC([C@@H]2Cc3c(ccc(O)c3O)[C@H](CN)O2)CC1. The summed E-state index contributed by atoms with van der Waals surface area (Å²) in [6, 6.07) is 3.33. The van der Waals surface area contributed by atoms with E-state index in [9.17, 15) is 10.2 Å². The second-order valence-corrected chi connectivity index (χ2v) is 6.38. The second kappa shape index (κ2) is 9.38. The van der Waals surface area contributed by atoms with E-state index >= 15 is 0 Å². The molecular weight excluding hydrogens is 440 g/mol. The number of rotatable bonds is 3. The molecule has 5 nitrogen and oxygen atoms in total. The fourth-order valence-corrected chi connectivity index (χ4v) is 3.79.